The normalized spacial score (nSPS) is 33.6. The number of likely N-dealkylation sites (N-methyl/N-ethyl adjacent to an activating group) is 1. The van der Waals surface area contributed by atoms with Crippen molar-refractivity contribution in [3.63, 3.8) is 0 Å². The number of nitrogens with two attached hydrogens (primary N) is 1. The van der Waals surface area contributed by atoms with Gasteiger partial charge in [0.25, 0.3) is 0 Å². The molecule has 1 saturated carbocycles. The summed E-state index contributed by atoms with van der Waals surface area (Å²) in [5.41, 5.74) is 6.41. The zero-order chi connectivity index (χ0) is 14.0. The van der Waals surface area contributed by atoms with Gasteiger partial charge in [-0.2, -0.15) is 0 Å². The molecule has 0 spiro atoms. The number of hydrogen-bond acceptors (Lipinski definition) is 3. The van der Waals surface area contributed by atoms with Crippen LogP contribution >= 0.6 is 11.3 Å². The standard InChI is InChI=1S/C16H28N2S/c1-12-7-5-9-16(11-17,13(12)2)18(4)14(3)15-8-6-10-19-15/h6,8,10,12-14H,5,7,9,11,17H2,1-4H3. The van der Waals surface area contributed by atoms with Gasteiger partial charge in [0.05, 0.1) is 0 Å². The summed E-state index contributed by atoms with van der Waals surface area (Å²) in [5, 5.41) is 2.17. The summed E-state index contributed by atoms with van der Waals surface area (Å²) in [5.74, 6) is 1.44. The first-order valence-electron chi connectivity index (χ1n) is 7.49. The Morgan fingerprint density at radius 2 is 2.26 bits per heavy atom. The second-order valence-corrected chi connectivity index (χ2v) is 7.25. The van der Waals surface area contributed by atoms with Crippen LogP contribution in [-0.2, 0) is 0 Å². The van der Waals surface area contributed by atoms with Crippen LogP contribution in [0.4, 0.5) is 0 Å². The van der Waals surface area contributed by atoms with E-state index in [1.54, 1.807) is 0 Å². The molecule has 1 aliphatic carbocycles. The molecule has 0 bridgehead atoms. The molecule has 2 rings (SSSR count). The van der Waals surface area contributed by atoms with Gasteiger partial charge in [-0.15, -0.1) is 11.3 Å². The summed E-state index contributed by atoms with van der Waals surface area (Å²) in [6, 6.07) is 4.84. The van der Waals surface area contributed by atoms with Crippen LogP contribution in [0.25, 0.3) is 0 Å². The Hall–Kier alpha value is -0.380. The molecule has 0 aromatic carbocycles. The first kappa shape index (κ1) is 15.0. The molecular weight excluding hydrogens is 252 g/mol. The summed E-state index contributed by atoms with van der Waals surface area (Å²) in [6.07, 6.45) is 3.90. The lowest BCUT2D eigenvalue weighted by atomic mass is 9.67. The fourth-order valence-electron chi connectivity index (χ4n) is 3.77. The number of thiophene rings is 1. The van der Waals surface area contributed by atoms with Gasteiger partial charge >= 0.3 is 0 Å². The molecule has 0 amide bonds. The van der Waals surface area contributed by atoms with Crippen LogP contribution in [0.3, 0.4) is 0 Å². The highest BCUT2D eigenvalue weighted by molar-refractivity contribution is 7.10. The summed E-state index contributed by atoms with van der Waals surface area (Å²) in [7, 11) is 2.27. The minimum atomic E-state index is 0.168. The van der Waals surface area contributed by atoms with Crippen molar-refractivity contribution in [3.05, 3.63) is 22.4 Å². The van der Waals surface area contributed by atoms with E-state index in [4.69, 9.17) is 5.73 Å². The molecule has 108 valence electrons. The van der Waals surface area contributed by atoms with Gasteiger partial charge in [-0.25, -0.2) is 0 Å². The molecule has 1 fully saturated rings. The highest BCUT2D eigenvalue weighted by atomic mass is 32.1. The van der Waals surface area contributed by atoms with Crippen molar-refractivity contribution in [1.82, 2.24) is 4.90 Å². The summed E-state index contributed by atoms with van der Waals surface area (Å²) < 4.78 is 0. The third kappa shape index (κ3) is 2.61. The van der Waals surface area contributed by atoms with Crippen molar-refractivity contribution in [2.24, 2.45) is 17.6 Å². The molecular formula is C16H28N2S. The van der Waals surface area contributed by atoms with E-state index in [1.807, 2.05) is 11.3 Å². The van der Waals surface area contributed by atoms with Crippen LogP contribution in [0.1, 0.15) is 51.0 Å². The van der Waals surface area contributed by atoms with E-state index in [0.717, 1.165) is 12.5 Å². The SMILES string of the molecule is CC1CCCC(CN)(N(C)C(C)c2cccs2)C1C. The molecule has 2 nitrogen and oxygen atoms in total. The minimum absolute atomic E-state index is 0.168. The van der Waals surface area contributed by atoms with Crippen molar-refractivity contribution in [1.29, 1.82) is 0 Å². The first-order valence-corrected chi connectivity index (χ1v) is 8.37. The maximum absolute atomic E-state index is 6.24. The Morgan fingerprint density at radius 3 is 2.84 bits per heavy atom. The van der Waals surface area contributed by atoms with Gasteiger partial charge in [0.15, 0.2) is 0 Å². The average Bonchev–Trinajstić information content (AvgIpc) is 2.94. The van der Waals surface area contributed by atoms with Gasteiger partial charge < -0.3 is 5.73 Å². The lowest BCUT2D eigenvalue weighted by Gasteiger charge is -2.53. The fraction of sp³-hybridized carbons (Fsp3) is 0.750. The Bertz CT molecular complexity index is 389. The fourth-order valence-corrected chi connectivity index (χ4v) is 4.60. The second kappa shape index (κ2) is 5.94. The Morgan fingerprint density at radius 1 is 1.53 bits per heavy atom. The van der Waals surface area contributed by atoms with E-state index in [2.05, 4.69) is 50.2 Å². The summed E-state index contributed by atoms with van der Waals surface area (Å²) >= 11 is 1.85. The topological polar surface area (TPSA) is 29.3 Å². The monoisotopic (exact) mass is 280 g/mol. The minimum Gasteiger partial charge on any atom is -0.329 e. The molecule has 2 N–H and O–H groups in total. The lowest BCUT2D eigenvalue weighted by molar-refractivity contribution is -0.0158. The third-order valence-electron chi connectivity index (χ3n) is 5.56. The van der Waals surface area contributed by atoms with Crippen molar-refractivity contribution in [2.75, 3.05) is 13.6 Å². The Balaban J connectivity index is 2.25. The quantitative estimate of drug-likeness (QED) is 0.906. The van der Waals surface area contributed by atoms with E-state index >= 15 is 0 Å². The zero-order valence-electron chi connectivity index (χ0n) is 12.7. The highest BCUT2D eigenvalue weighted by Gasteiger charge is 2.45. The zero-order valence-corrected chi connectivity index (χ0v) is 13.5. The molecule has 0 radical (unpaired) electrons. The number of hydrogen-bond donors (Lipinski definition) is 1. The smallest absolute Gasteiger partial charge is 0.0416 e. The third-order valence-corrected chi connectivity index (χ3v) is 6.60. The molecule has 3 heteroatoms. The Labute approximate surface area is 122 Å². The van der Waals surface area contributed by atoms with Gasteiger partial charge in [-0.05, 0) is 43.7 Å². The molecule has 4 unspecified atom stereocenters. The van der Waals surface area contributed by atoms with Crippen LogP contribution in [0.15, 0.2) is 17.5 Å². The van der Waals surface area contributed by atoms with E-state index in [0.29, 0.717) is 12.0 Å². The van der Waals surface area contributed by atoms with E-state index < -0.39 is 0 Å². The van der Waals surface area contributed by atoms with Gasteiger partial charge in [-0.3, -0.25) is 4.90 Å². The molecule has 1 heterocycles. The molecule has 4 atom stereocenters. The largest absolute Gasteiger partial charge is 0.329 e. The summed E-state index contributed by atoms with van der Waals surface area (Å²) in [4.78, 5) is 4.00. The van der Waals surface area contributed by atoms with E-state index in [9.17, 15) is 0 Å². The van der Waals surface area contributed by atoms with Gasteiger partial charge in [0.2, 0.25) is 0 Å². The summed E-state index contributed by atoms with van der Waals surface area (Å²) in [6.45, 7) is 7.87. The average molecular weight is 280 g/mol. The molecule has 1 aromatic rings. The molecule has 0 aliphatic heterocycles. The van der Waals surface area contributed by atoms with Crippen LogP contribution in [-0.4, -0.2) is 24.0 Å². The van der Waals surface area contributed by atoms with Gasteiger partial charge in [0.1, 0.15) is 0 Å². The van der Waals surface area contributed by atoms with Crippen molar-refractivity contribution >= 4 is 11.3 Å². The van der Waals surface area contributed by atoms with Crippen LogP contribution < -0.4 is 5.73 Å². The van der Waals surface area contributed by atoms with Crippen LogP contribution in [0, 0.1) is 11.8 Å². The van der Waals surface area contributed by atoms with Crippen molar-refractivity contribution < 1.29 is 0 Å². The molecule has 0 saturated heterocycles. The predicted molar refractivity (Wildman–Crippen MR) is 84.5 cm³/mol. The number of nitrogens with zero attached hydrogens (tertiary/aromatic N) is 1. The predicted octanol–water partition coefficient (Wildman–Crippen LogP) is 3.89. The van der Waals surface area contributed by atoms with E-state index in [1.165, 1.54) is 24.1 Å². The maximum atomic E-state index is 6.24. The lowest BCUT2D eigenvalue weighted by Crippen LogP contribution is -2.60. The van der Waals surface area contributed by atoms with Crippen LogP contribution in [0.2, 0.25) is 0 Å². The number of rotatable bonds is 4. The molecule has 1 aliphatic rings. The highest BCUT2D eigenvalue weighted by Crippen LogP contribution is 2.43. The second-order valence-electron chi connectivity index (χ2n) is 6.27. The van der Waals surface area contributed by atoms with Gasteiger partial charge in [0, 0.05) is 23.0 Å². The van der Waals surface area contributed by atoms with E-state index in [-0.39, 0.29) is 5.54 Å². The maximum Gasteiger partial charge on any atom is 0.0416 e. The Kier molecular flexibility index (Phi) is 4.70. The van der Waals surface area contributed by atoms with Crippen LogP contribution in [0.5, 0.6) is 0 Å². The molecule has 19 heavy (non-hydrogen) atoms. The van der Waals surface area contributed by atoms with Gasteiger partial charge in [-0.1, -0.05) is 32.8 Å². The first-order chi connectivity index (χ1) is 9.03. The van der Waals surface area contributed by atoms with Crippen molar-refractivity contribution in [2.45, 2.75) is 51.6 Å². The molecule has 1 aromatic heterocycles. The van der Waals surface area contributed by atoms with Crippen molar-refractivity contribution in [3.8, 4) is 0 Å².